The Morgan fingerprint density at radius 1 is 0.792 bits per heavy atom. The van der Waals surface area contributed by atoms with E-state index in [1.165, 1.54) is 0 Å². The fourth-order valence-electron chi connectivity index (χ4n) is 1.60. The van der Waals surface area contributed by atoms with Gasteiger partial charge in [0.25, 0.3) is 23.0 Å². The second-order valence-electron chi connectivity index (χ2n) is 3.88. The van der Waals surface area contributed by atoms with E-state index in [0.717, 1.165) is 0 Å². The highest BCUT2D eigenvalue weighted by molar-refractivity contribution is 5.59. The molecule has 18 nitrogen and oxygen atoms in total. The lowest BCUT2D eigenvalue weighted by atomic mass is 10.4. The fraction of sp³-hybridized carbons (Fsp3) is 0. The van der Waals surface area contributed by atoms with Crippen molar-refractivity contribution in [2.45, 2.75) is 0 Å². The van der Waals surface area contributed by atoms with Crippen LogP contribution >= 0.6 is 0 Å². The Morgan fingerprint density at radius 2 is 1.25 bits per heavy atom. The van der Waals surface area contributed by atoms with Crippen LogP contribution in [0.2, 0.25) is 0 Å². The van der Waals surface area contributed by atoms with E-state index in [2.05, 4.69) is 71.0 Å². The summed E-state index contributed by atoms with van der Waals surface area (Å²) in [4.78, 5) is 0.0196. The van der Waals surface area contributed by atoms with Crippen LogP contribution in [0.15, 0.2) is 19.5 Å². The molecule has 0 aliphatic rings. The molecular weight excluding hydrogens is 332 g/mol. The Hall–Kier alpha value is -4.38. The zero-order valence-corrected chi connectivity index (χ0v) is 11.0. The Kier molecular flexibility index (Phi) is 2.83. The third kappa shape index (κ3) is 2.06. The molecule has 0 bridgehead atoms. The maximum absolute atomic E-state index is 11.6. The van der Waals surface area contributed by atoms with Gasteiger partial charge in [0.15, 0.2) is 0 Å². The Balaban J connectivity index is 1.73. The van der Waals surface area contributed by atoms with E-state index >= 15 is 0 Å². The van der Waals surface area contributed by atoms with Gasteiger partial charge in [-0.05, 0) is 20.2 Å². The van der Waals surface area contributed by atoms with E-state index in [4.69, 9.17) is 0 Å². The van der Waals surface area contributed by atoms with Crippen molar-refractivity contribution >= 4 is 11.6 Å². The molecular formula is C6H2N14O4. The summed E-state index contributed by atoms with van der Waals surface area (Å²) in [6, 6.07) is 0. The zero-order valence-electron chi connectivity index (χ0n) is 11.0. The number of hydrogen-bond donors (Lipinski definition) is 2. The molecule has 0 aliphatic heterocycles. The second-order valence-corrected chi connectivity index (χ2v) is 3.88. The predicted octanol–water partition coefficient (Wildman–Crippen LogP) is -2.30. The molecule has 120 valence electrons. The third-order valence-electron chi connectivity index (χ3n) is 2.55. The second kappa shape index (κ2) is 5.11. The van der Waals surface area contributed by atoms with Crippen molar-refractivity contribution in [2.24, 2.45) is 10.2 Å². The number of hydrogen-bond acceptors (Lipinski definition) is 14. The topological polar surface area (TPSA) is 240 Å². The van der Waals surface area contributed by atoms with Gasteiger partial charge >= 0.3 is 11.6 Å². The van der Waals surface area contributed by atoms with Crippen molar-refractivity contribution in [2.75, 3.05) is 0 Å². The fourth-order valence-corrected chi connectivity index (χ4v) is 1.60. The van der Waals surface area contributed by atoms with E-state index in [0.29, 0.717) is 0 Å². The zero-order chi connectivity index (χ0) is 16.5. The highest BCUT2D eigenvalue weighted by atomic mass is 16.8. The van der Waals surface area contributed by atoms with Gasteiger partial charge < -0.3 is 10.4 Å². The maximum atomic E-state index is 11.6. The summed E-state index contributed by atoms with van der Waals surface area (Å²) in [6.45, 7) is 0. The van der Waals surface area contributed by atoms with Gasteiger partial charge in [0.1, 0.15) is 0 Å². The van der Waals surface area contributed by atoms with E-state index in [9.17, 15) is 10.4 Å². The standard InChI is InChI=1S/C6H2N14O4/c21-19-1(3-9-15-16-10-3)5(13-23-19)7-8-6-2(20(22)24-14-6)4-11-17-18-12-4/h(H,9,10,15,16)(H,11,12,17,18). The molecule has 4 rings (SSSR count). The van der Waals surface area contributed by atoms with Crippen LogP contribution < -0.4 is 9.81 Å². The first-order valence-electron chi connectivity index (χ1n) is 5.83. The summed E-state index contributed by atoms with van der Waals surface area (Å²) < 4.78 is 8.80. The lowest BCUT2D eigenvalue weighted by Crippen LogP contribution is -2.25. The number of aromatic amines is 2. The molecule has 0 fully saturated rings. The van der Waals surface area contributed by atoms with Crippen LogP contribution in [-0.4, -0.2) is 51.6 Å². The van der Waals surface area contributed by atoms with E-state index < -0.39 is 0 Å². The van der Waals surface area contributed by atoms with Gasteiger partial charge in [0, 0.05) is 0 Å². The first-order valence-corrected chi connectivity index (χ1v) is 5.83. The minimum Gasteiger partial charge on any atom is -0.359 e. The van der Waals surface area contributed by atoms with Gasteiger partial charge in [-0.2, -0.15) is 10.4 Å². The molecule has 4 aromatic rings. The number of nitrogens with zero attached hydrogens (tertiary/aromatic N) is 12. The molecule has 0 saturated heterocycles. The molecule has 0 radical (unpaired) electrons. The van der Waals surface area contributed by atoms with Gasteiger partial charge in [0.2, 0.25) is 0 Å². The summed E-state index contributed by atoms with van der Waals surface area (Å²) in [7, 11) is 0. The molecule has 18 heteroatoms. The molecule has 2 N–H and O–H groups in total. The molecule has 0 aromatic carbocycles. The van der Waals surface area contributed by atoms with Crippen molar-refractivity contribution in [3.8, 4) is 23.0 Å². The van der Waals surface area contributed by atoms with E-state index in [1.807, 2.05) is 0 Å². The van der Waals surface area contributed by atoms with Crippen LogP contribution in [0, 0.1) is 10.4 Å². The lowest BCUT2D eigenvalue weighted by molar-refractivity contribution is -0.793. The number of aromatic nitrogens is 12. The molecule has 4 heterocycles. The van der Waals surface area contributed by atoms with Gasteiger partial charge in [-0.1, -0.05) is 10.2 Å². The number of H-pyrrole nitrogens is 2. The van der Waals surface area contributed by atoms with Crippen LogP contribution in [0.3, 0.4) is 0 Å². The maximum Gasteiger partial charge on any atom is 0.363 e. The van der Waals surface area contributed by atoms with Gasteiger partial charge in [-0.15, -0.1) is 20.4 Å². The molecule has 0 spiro atoms. The van der Waals surface area contributed by atoms with E-state index in [-0.39, 0.29) is 44.5 Å². The SMILES string of the molecule is [O-][n+]1onc(N=Nc2no[n+]([O-])c2-c2nn[nH]n2)c1-c1nn[nH]n1. The van der Waals surface area contributed by atoms with Crippen molar-refractivity contribution in [3.63, 3.8) is 0 Å². The molecule has 24 heavy (non-hydrogen) atoms. The number of nitrogens with one attached hydrogen (secondary N) is 2. The Bertz CT molecular complexity index is 900. The summed E-state index contributed by atoms with van der Waals surface area (Å²) in [5.41, 5.74) is -0.515. The number of rotatable bonds is 4. The smallest absolute Gasteiger partial charge is 0.359 e. The van der Waals surface area contributed by atoms with Crippen LogP contribution in [0.1, 0.15) is 0 Å². The highest BCUT2D eigenvalue weighted by Gasteiger charge is 2.28. The molecule has 0 atom stereocenters. The van der Waals surface area contributed by atoms with Crippen molar-refractivity contribution < 1.29 is 19.1 Å². The van der Waals surface area contributed by atoms with Crippen LogP contribution in [0.5, 0.6) is 0 Å². The first kappa shape index (κ1) is 13.3. The van der Waals surface area contributed by atoms with Gasteiger partial charge in [0.05, 0.1) is 10.3 Å². The summed E-state index contributed by atoms with van der Waals surface area (Å²) in [5, 5.41) is 62.5. The molecule has 0 saturated carbocycles. The highest BCUT2D eigenvalue weighted by Crippen LogP contribution is 2.26. The van der Waals surface area contributed by atoms with Crippen molar-refractivity contribution in [1.29, 1.82) is 0 Å². The summed E-state index contributed by atoms with van der Waals surface area (Å²) >= 11 is 0. The largest absolute Gasteiger partial charge is 0.363 e. The molecule has 0 amide bonds. The normalized spacial score (nSPS) is 11.5. The van der Waals surface area contributed by atoms with Crippen LogP contribution in [0.4, 0.5) is 11.6 Å². The summed E-state index contributed by atoms with van der Waals surface area (Å²) in [5.74, 6) is -0.827. The van der Waals surface area contributed by atoms with Crippen molar-refractivity contribution in [1.82, 2.24) is 51.6 Å². The van der Waals surface area contributed by atoms with Crippen molar-refractivity contribution in [3.05, 3.63) is 10.4 Å². The quantitative estimate of drug-likeness (QED) is 0.296. The predicted molar refractivity (Wildman–Crippen MR) is 61.4 cm³/mol. The monoisotopic (exact) mass is 334 g/mol. The average Bonchev–Trinajstić information content (AvgIpc) is 3.32. The third-order valence-corrected chi connectivity index (χ3v) is 2.55. The number of tetrazole rings is 2. The molecule has 0 unspecified atom stereocenters. The minimum absolute atomic E-state index is 0.00980. The Labute approximate surface area is 127 Å². The first-order chi connectivity index (χ1) is 11.7. The Morgan fingerprint density at radius 3 is 1.62 bits per heavy atom. The molecule has 4 aromatic heterocycles. The number of azo groups is 1. The van der Waals surface area contributed by atoms with Gasteiger partial charge in [-0.25, -0.2) is 0 Å². The summed E-state index contributed by atoms with van der Waals surface area (Å²) in [6.07, 6.45) is 0. The molecule has 0 aliphatic carbocycles. The lowest BCUT2D eigenvalue weighted by Gasteiger charge is -1.88. The van der Waals surface area contributed by atoms with Crippen LogP contribution in [0.25, 0.3) is 23.0 Å². The van der Waals surface area contributed by atoms with E-state index in [1.54, 1.807) is 0 Å². The average molecular weight is 334 g/mol. The van der Waals surface area contributed by atoms with Crippen LogP contribution in [-0.2, 0) is 0 Å². The van der Waals surface area contributed by atoms with Gasteiger partial charge in [-0.3, -0.25) is 9.26 Å². The minimum atomic E-state index is -0.286.